The second kappa shape index (κ2) is 6.76. The highest BCUT2D eigenvalue weighted by Crippen LogP contribution is 2.38. The quantitative estimate of drug-likeness (QED) is 0.572. The van der Waals surface area contributed by atoms with E-state index >= 15 is 0 Å². The van der Waals surface area contributed by atoms with E-state index in [9.17, 15) is 26.3 Å². The summed E-state index contributed by atoms with van der Waals surface area (Å²) in [5.41, 5.74) is -2.80. The standard InChI is InChI=1S/C14H15ClF6N2/c15-23-11-3-1-10(2-4-11)22-12-6-8(13(16,17)18)5-9(7-12)14(19,20)21/h5-7,10-11,22-23H,1-4H2. The van der Waals surface area contributed by atoms with Crippen molar-refractivity contribution >= 4 is 17.5 Å². The Kier molecular flexibility index (Phi) is 5.35. The molecule has 0 unspecified atom stereocenters. The van der Waals surface area contributed by atoms with E-state index in [2.05, 4.69) is 10.2 Å². The highest BCUT2D eigenvalue weighted by molar-refractivity contribution is 6.13. The lowest BCUT2D eigenvalue weighted by Crippen LogP contribution is -2.33. The highest BCUT2D eigenvalue weighted by Gasteiger charge is 2.37. The Morgan fingerprint density at radius 2 is 1.22 bits per heavy atom. The lowest BCUT2D eigenvalue weighted by Gasteiger charge is -2.29. The molecule has 1 aliphatic carbocycles. The number of benzene rings is 1. The predicted molar refractivity (Wildman–Crippen MR) is 75.1 cm³/mol. The highest BCUT2D eigenvalue weighted by atomic mass is 35.5. The summed E-state index contributed by atoms with van der Waals surface area (Å²) >= 11 is 5.51. The van der Waals surface area contributed by atoms with Crippen molar-refractivity contribution in [1.29, 1.82) is 0 Å². The fraction of sp³-hybridized carbons (Fsp3) is 0.571. The van der Waals surface area contributed by atoms with Crippen LogP contribution in [-0.2, 0) is 12.4 Å². The number of halogens is 7. The first-order valence-electron chi connectivity index (χ1n) is 7.02. The molecule has 2 N–H and O–H groups in total. The molecule has 0 amide bonds. The van der Waals surface area contributed by atoms with Crippen LogP contribution in [0.1, 0.15) is 36.8 Å². The van der Waals surface area contributed by atoms with Crippen LogP contribution < -0.4 is 10.2 Å². The van der Waals surface area contributed by atoms with Gasteiger partial charge in [-0.2, -0.15) is 26.3 Å². The molecule has 0 saturated heterocycles. The molecule has 9 heteroatoms. The molecule has 0 heterocycles. The molecule has 2 nitrogen and oxygen atoms in total. The lowest BCUT2D eigenvalue weighted by atomic mass is 9.91. The molecular formula is C14H15ClF6N2. The van der Waals surface area contributed by atoms with Crippen LogP contribution in [0, 0.1) is 0 Å². The number of anilines is 1. The molecule has 1 fully saturated rings. The summed E-state index contributed by atoms with van der Waals surface area (Å²) < 4.78 is 76.8. The number of nitrogens with one attached hydrogen (secondary N) is 2. The maximum absolute atomic E-state index is 12.8. The molecule has 1 aromatic rings. The van der Waals surface area contributed by atoms with E-state index in [1.807, 2.05) is 0 Å². The second-order valence-corrected chi connectivity index (χ2v) is 5.81. The fourth-order valence-electron chi connectivity index (χ4n) is 2.62. The Bertz CT molecular complexity index is 503. The molecule has 23 heavy (non-hydrogen) atoms. The zero-order valence-electron chi connectivity index (χ0n) is 11.9. The van der Waals surface area contributed by atoms with Crippen molar-refractivity contribution in [3.05, 3.63) is 29.3 Å². The Labute approximate surface area is 134 Å². The lowest BCUT2D eigenvalue weighted by molar-refractivity contribution is -0.143. The third-order valence-corrected chi connectivity index (χ3v) is 4.15. The molecule has 1 aliphatic rings. The van der Waals surface area contributed by atoms with Crippen LogP contribution in [-0.4, -0.2) is 12.1 Å². The summed E-state index contributed by atoms with van der Waals surface area (Å²) in [5.74, 6) is 0. The first-order valence-corrected chi connectivity index (χ1v) is 7.39. The van der Waals surface area contributed by atoms with Crippen molar-refractivity contribution in [2.45, 2.75) is 50.1 Å². The van der Waals surface area contributed by atoms with Crippen molar-refractivity contribution in [3.8, 4) is 0 Å². The Balaban J connectivity index is 2.21. The van der Waals surface area contributed by atoms with Crippen molar-refractivity contribution in [3.63, 3.8) is 0 Å². The average Bonchev–Trinajstić information content (AvgIpc) is 2.46. The average molecular weight is 361 g/mol. The predicted octanol–water partition coefficient (Wildman–Crippen LogP) is 5.19. The summed E-state index contributed by atoms with van der Waals surface area (Å²) in [6.07, 6.45) is -7.04. The van der Waals surface area contributed by atoms with E-state index < -0.39 is 23.5 Å². The van der Waals surface area contributed by atoms with Crippen molar-refractivity contribution < 1.29 is 26.3 Å². The first kappa shape index (κ1) is 18.2. The van der Waals surface area contributed by atoms with Gasteiger partial charge in [-0.25, -0.2) is 4.84 Å². The molecule has 0 aromatic heterocycles. The van der Waals surface area contributed by atoms with E-state index in [4.69, 9.17) is 11.8 Å². The molecule has 130 valence electrons. The molecule has 0 aliphatic heterocycles. The second-order valence-electron chi connectivity index (χ2n) is 5.60. The molecular weight excluding hydrogens is 346 g/mol. The van der Waals surface area contributed by atoms with Crippen molar-refractivity contribution in [2.75, 3.05) is 5.32 Å². The number of hydrogen-bond acceptors (Lipinski definition) is 2. The van der Waals surface area contributed by atoms with Gasteiger partial charge in [0.05, 0.1) is 11.1 Å². The summed E-state index contributed by atoms with van der Waals surface area (Å²) in [5, 5.41) is 2.78. The van der Waals surface area contributed by atoms with Crippen molar-refractivity contribution in [1.82, 2.24) is 4.84 Å². The van der Waals surface area contributed by atoms with E-state index in [0.717, 1.165) is 0 Å². The number of alkyl halides is 6. The molecule has 2 rings (SSSR count). The van der Waals surface area contributed by atoms with E-state index in [-0.39, 0.29) is 23.8 Å². The van der Waals surface area contributed by atoms with Gasteiger partial charge in [-0.3, -0.25) is 0 Å². The van der Waals surface area contributed by atoms with E-state index in [1.54, 1.807) is 0 Å². The monoisotopic (exact) mass is 360 g/mol. The molecule has 1 saturated carbocycles. The smallest absolute Gasteiger partial charge is 0.382 e. The Morgan fingerprint density at radius 3 is 1.61 bits per heavy atom. The Hall–Kier alpha value is -1.15. The van der Waals surface area contributed by atoms with Gasteiger partial charge in [-0.1, -0.05) is 0 Å². The van der Waals surface area contributed by atoms with Crippen LogP contribution in [0.2, 0.25) is 0 Å². The first-order chi connectivity index (χ1) is 10.6. The minimum Gasteiger partial charge on any atom is -0.382 e. The van der Waals surface area contributed by atoms with Crippen LogP contribution >= 0.6 is 11.8 Å². The summed E-state index contributed by atoms with van der Waals surface area (Å²) in [6, 6.07) is 1.48. The molecule has 0 atom stereocenters. The third-order valence-electron chi connectivity index (χ3n) is 3.84. The molecule has 0 radical (unpaired) electrons. The van der Waals surface area contributed by atoms with E-state index in [1.165, 1.54) is 0 Å². The van der Waals surface area contributed by atoms with Crippen LogP contribution in [0.3, 0.4) is 0 Å². The maximum atomic E-state index is 12.8. The van der Waals surface area contributed by atoms with Gasteiger partial charge in [0, 0.05) is 17.8 Å². The largest absolute Gasteiger partial charge is 0.416 e. The Morgan fingerprint density at radius 1 is 0.783 bits per heavy atom. The van der Waals surface area contributed by atoms with Gasteiger partial charge in [0.2, 0.25) is 0 Å². The third kappa shape index (κ3) is 4.91. The minimum absolute atomic E-state index is 0.113. The summed E-state index contributed by atoms with van der Waals surface area (Å²) in [6.45, 7) is 0. The molecule has 0 spiro atoms. The zero-order chi connectivity index (χ0) is 17.3. The molecule has 1 aromatic carbocycles. The van der Waals surface area contributed by atoms with Gasteiger partial charge in [0.25, 0.3) is 0 Å². The van der Waals surface area contributed by atoms with Gasteiger partial charge in [0.15, 0.2) is 0 Å². The number of hydrogen-bond donors (Lipinski definition) is 2. The minimum atomic E-state index is -4.84. The summed E-state index contributed by atoms with van der Waals surface area (Å²) in [7, 11) is 0. The van der Waals surface area contributed by atoms with Crippen LogP contribution in [0.4, 0.5) is 32.0 Å². The topological polar surface area (TPSA) is 24.1 Å². The van der Waals surface area contributed by atoms with Crippen LogP contribution in [0.5, 0.6) is 0 Å². The zero-order valence-corrected chi connectivity index (χ0v) is 12.6. The normalized spacial score (nSPS) is 22.9. The van der Waals surface area contributed by atoms with Crippen LogP contribution in [0.25, 0.3) is 0 Å². The van der Waals surface area contributed by atoms with Gasteiger partial charge >= 0.3 is 12.4 Å². The maximum Gasteiger partial charge on any atom is 0.416 e. The van der Waals surface area contributed by atoms with Gasteiger partial charge < -0.3 is 5.32 Å². The fourth-order valence-corrected chi connectivity index (χ4v) is 2.84. The van der Waals surface area contributed by atoms with Crippen molar-refractivity contribution in [2.24, 2.45) is 0 Å². The van der Waals surface area contributed by atoms with E-state index in [0.29, 0.717) is 37.8 Å². The molecule has 0 bridgehead atoms. The van der Waals surface area contributed by atoms with Gasteiger partial charge in [0.1, 0.15) is 0 Å². The number of rotatable bonds is 3. The van der Waals surface area contributed by atoms with Gasteiger partial charge in [-0.05, 0) is 55.7 Å². The van der Waals surface area contributed by atoms with Gasteiger partial charge in [-0.15, -0.1) is 0 Å². The summed E-state index contributed by atoms with van der Waals surface area (Å²) in [4.78, 5) is 2.59. The SMILES string of the molecule is FC(F)(F)c1cc(NC2CCC(NCl)CC2)cc(C(F)(F)F)c1. The van der Waals surface area contributed by atoms with Crippen LogP contribution in [0.15, 0.2) is 18.2 Å².